The molecule has 1 aliphatic rings. The summed E-state index contributed by atoms with van der Waals surface area (Å²) >= 11 is 10.7. The van der Waals surface area contributed by atoms with Crippen LogP contribution < -0.4 is 5.32 Å². The van der Waals surface area contributed by atoms with Gasteiger partial charge in [0.2, 0.25) is 10.0 Å². The molecule has 3 rings (SSSR count). The van der Waals surface area contributed by atoms with Crippen LogP contribution in [0.25, 0.3) is 0 Å². The van der Waals surface area contributed by atoms with Crippen molar-refractivity contribution in [2.75, 3.05) is 31.6 Å². The highest BCUT2D eigenvalue weighted by molar-refractivity contribution is 9.11. The molecule has 2 aromatic rings. The van der Waals surface area contributed by atoms with E-state index in [9.17, 15) is 13.2 Å². The van der Waals surface area contributed by atoms with E-state index in [-0.39, 0.29) is 28.9 Å². The van der Waals surface area contributed by atoms with Gasteiger partial charge < -0.3 is 10.1 Å². The Labute approximate surface area is 162 Å². The average Bonchev–Trinajstić information content (AvgIpc) is 3.04. The lowest BCUT2D eigenvalue weighted by atomic mass is 10.3. The lowest BCUT2D eigenvalue weighted by molar-refractivity contribution is 0.0730. The molecule has 25 heavy (non-hydrogen) atoms. The Hall–Kier alpha value is -0.970. The zero-order valence-corrected chi connectivity index (χ0v) is 16.8. The van der Waals surface area contributed by atoms with Gasteiger partial charge in [0.25, 0.3) is 5.91 Å². The zero-order chi connectivity index (χ0) is 18.0. The summed E-state index contributed by atoms with van der Waals surface area (Å²) in [5.74, 6) is -0.312. The van der Waals surface area contributed by atoms with Crippen molar-refractivity contribution in [3.05, 3.63) is 44.0 Å². The van der Waals surface area contributed by atoms with Crippen molar-refractivity contribution in [2.24, 2.45) is 0 Å². The molecule has 0 aliphatic carbocycles. The van der Waals surface area contributed by atoms with Crippen LogP contribution in [-0.2, 0) is 14.8 Å². The van der Waals surface area contributed by atoms with Crippen LogP contribution >= 0.6 is 38.9 Å². The molecule has 0 spiro atoms. The monoisotopic (exact) mass is 464 g/mol. The lowest BCUT2D eigenvalue weighted by Crippen LogP contribution is -2.40. The van der Waals surface area contributed by atoms with Gasteiger partial charge in [-0.05, 0) is 46.3 Å². The maximum atomic E-state index is 12.8. The fourth-order valence-corrected chi connectivity index (χ4v) is 5.52. The normalized spacial score (nSPS) is 15.9. The second-order valence-electron chi connectivity index (χ2n) is 5.22. The third-order valence-corrected chi connectivity index (χ3v) is 7.58. The van der Waals surface area contributed by atoms with Gasteiger partial charge in [0, 0.05) is 18.8 Å². The topological polar surface area (TPSA) is 75.7 Å². The zero-order valence-electron chi connectivity index (χ0n) is 12.9. The number of hydrogen-bond donors (Lipinski definition) is 1. The van der Waals surface area contributed by atoms with Crippen molar-refractivity contribution in [2.45, 2.75) is 4.90 Å². The number of rotatable bonds is 4. The molecule has 0 bridgehead atoms. The van der Waals surface area contributed by atoms with Crippen LogP contribution in [0.15, 0.2) is 39.0 Å². The number of benzene rings is 1. The first-order valence-corrected chi connectivity index (χ1v) is 10.7. The van der Waals surface area contributed by atoms with E-state index in [4.69, 9.17) is 16.3 Å². The maximum Gasteiger partial charge on any atom is 0.265 e. The third-order valence-electron chi connectivity index (χ3n) is 3.57. The highest BCUT2D eigenvalue weighted by atomic mass is 79.9. The summed E-state index contributed by atoms with van der Waals surface area (Å²) in [6.45, 7) is 1.25. The minimum absolute atomic E-state index is 0.0266. The number of ether oxygens (including phenoxy) is 1. The number of carbonyl (C=O) groups is 1. The van der Waals surface area contributed by atoms with Crippen molar-refractivity contribution in [1.82, 2.24) is 4.31 Å². The van der Waals surface area contributed by atoms with Crippen LogP contribution in [0, 0.1) is 0 Å². The largest absolute Gasteiger partial charge is 0.379 e. The first-order valence-electron chi connectivity index (χ1n) is 7.32. The molecule has 134 valence electrons. The van der Waals surface area contributed by atoms with Gasteiger partial charge in [-0.25, -0.2) is 8.42 Å². The summed E-state index contributed by atoms with van der Waals surface area (Å²) in [5, 5.41) is 2.81. The van der Waals surface area contributed by atoms with E-state index in [0.717, 1.165) is 3.79 Å². The Kier molecular flexibility index (Phi) is 5.81. The SMILES string of the molecule is O=C(Nc1ccc(Cl)c(S(=O)(=O)N2CCOCC2)c1)c1ccc(Br)s1. The van der Waals surface area contributed by atoms with Crippen LogP contribution in [0.4, 0.5) is 5.69 Å². The predicted molar refractivity (Wildman–Crippen MR) is 101 cm³/mol. The van der Waals surface area contributed by atoms with Gasteiger partial charge in [0.1, 0.15) is 4.90 Å². The standard InChI is InChI=1S/C15H14BrClN2O4S2/c16-14-4-3-12(24-14)15(20)18-10-1-2-11(17)13(9-10)25(21,22)19-5-7-23-8-6-19/h1-4,9H,5-8H2,(H,18,20). The predicted octanol–water partition coefficient (Wildman–Crippen LogP) is 3.44. The molecule has 1 saturated heterocycles. The Balaban J connectivity index is 1.86. The fraction of sp³-hybridized carbons (Fsp3) is 0.267. The van der Waals surface area contributed by atoms with Gasteiger partial charge in [-0.3, -0.25) is 4.79 Å². The van der Waals surface area contributed by atoms with E-state index in [1.54, 1.807) is 18.2 Å². The summed E-state index contributed by atoms with van der Waals surface area (Å²) in [6, 6.07) is 7.88. The molecule has 1 aromatic heterocycles. The number of anilines is 1. The summed E-state index contributed by atoms with van der Waals surface area (Å²) in [7, 11) is -3.75. The molecule has 6 nitrogen and oxygen atoms in total. The molecular formula is C15H14BrClN2O4S2. The molecule has 0 unspecified atom stereocenters. The quantitative estimate of drug-likeness (QED) is 0.750. The first-order chi connectivity index (χ1) is 11.9. The van der Waals surface area contributed by atoms with Crippen molar-refractivity contribution in [3.8, 4) is 0 Å². The number of nitrogens with one attached hydrogen (secondary N) is 1. The number of hydrogen-bond acceptors (Lipinski definition) is 5. The van der Waals surface area contributed by atoms with Gasteiger partial charge in [-0.2, -0.15) is 4.31 Å². The number of halogens is 2. The Morgan fingerprint density at radius 1 is 1.24 bits per heavy atom. The molecular weight excluding hydrogens is 452 g/mol. The number of nitrogens with zero attached hydrogens (tertiary/aromatic N) is 1. The van der Waals surface area contributed by atoms with Crippen molar-refractivity contribution < 1.29 is 17.9 Å². The number of amides is 1. The molecule has 1 aromatic carbocycles. The summed E-state index contributed by atoms with van der Waals surface area (Å²) < 4.78 is 32.9. The highest BCUT2D eigenvalue weighted by Gasteiger charge is 2.28. The number of thiophene rings is 1. The number of morpholine rings is 1. The number of carbonyl (C=O) groups excluding carboxylic acids is 1. The van der Waals surface area contributed by atoms with Crippen LogP contribution in [0.3, 0.4) is 0 Å². The second kappa shape index (κ2) is 7.73. The van der Waals surface area contributed by atoms with Crippen LogP contribution in [0.1, 0.15) is 9.67 Å². The molecule has 1 N–H and O–H groups in total. The van der Waals surface area contributed by atoms with Crippen molar-refractivity contribution in [3.63, 3.8) is 0 Å². The minimum Gasteiger partial charge on any atom is -0.379 e. The van der Waals surface area contributed by atoms with Gasteiger partial charge in [0.15, 0.2) is 0 Å². The van der Waals surface area contributed by atoms with Crippen molar-refractivity contribution in [1.29, 1.82) is 0 Å². The van der Waals surface area contributed by atoms with E-state index in [1.807, 2.05) is 0 Å². The second-order valence-corrected chi connectivity index (χ2v) is 10.00. The van der Waals surface area contributed by atoms with Crippen LogP contribution in [-0.4, -0.2) is 44.9 Å². The number of sulfonamides is 1. The van der Waals surface area contributed by atoms with Gasteiger partial charge >= 0.3 is 0 Å². The van der Waals surface area contributed by atoms with E-state index >= 15 is 0 Å². The summed E-state index contributed by atoms with van der Waals surface area (Å²) in [5.41, 5.74) is 0.366. The highest BCUT2D eigenvalue weighted by Crippen LogP contribution is 2.29. The van der Waals surface area contributed by atoms with E-state index in [1.165, 1.54) is 27.8 Å². The van der Waals surface area contributed by atoms with Gasteiger partial charge in [-0.15, -0.1) is 11.3 Å². The minimum atomic E-state index is -3.75. The van der Waals surface area contributed by atoms with Crippen LogP contribution in [0.5, 0.6) is 0 Å². The van der Waals surface area contributed by atoms with Crippen LogP contribution in [0.2, 0.25) is 5.02 Å². The molecule has 0 atom stereocenters. The smallest absolute Gasteiger partial charge is 0.265 e. The summed E-state index contributed by atoms with van der Waals surface area (Å²) in [6.07, 6.45) is 0. The van der Waals surface area contributed by atoms with E-state index in [2.05, 4.69) is 21.2 Å². The Morgan fingerprint density at radius 2 is 1.96 bits per heavy atom. The molecule has 0 radical (unpaired) electrons. The Bertz CT molecular complexity index is 895. The molecule has 1 aliphatic heterocycles. The van der Waals surface area contributed by atoms with E-state index < -0.39 is 10.0 Å². The molecule has 2 heterocycles. The molecule has 10 heteroatoms. The molecule has 0 saturated carbocycles. The third kappa shape index (κ3) is 4.24. The first kappa shape index (κ1) is 18.8. The van der Waals surface area contributed by atoms with Gasteiger partial charge in [0.05, 0.1) is 26.9 Å². The lowest BCUT2D eigenvalue weighted by Gasteiger charge is -2.26. The van der Waals surface area contributed by atoms with Gasteiger partial charge in [-0.1, -0.05) is 11.6 Å². The molecule has 1 amide bonds. The maximum absolute atomic E-state index is 12.8. The fourth-order valence-electron chi connectivity index (χ4n) is 2.33. The summed E-state index contributed by atoms with van der Waals surface area (Å²) in [4.78, 5) is 12.7. The molecule has 1 fully saturated rings. The average molecular weight is 466 g/mol. The Morgan fingerprint density at radius 3 is 2.60 bits per heavy atom. The van der Waals surface area contributed by atoms with E-state index in [0.29, 0.717) is 23.8 Å². The van der Waals surface area contributed by atoms with Crippen molar-refractivity contribution >= 4 is 60.5 Å².